The fraction of sp³-hybridized carbons (Fsp3) is 0.400. The Morgan fingerprint density at radius 2 is 2.40 bits per heavy atom. The topological polar surface area (TPSA) is 65.2 Å². The average Bonchev–Trinajstić information content (AvgIpc) is 2.21. The third kappa shape index (κ3) is 2.65. The lowest BCUT2D eigenvalue weighted by molar-refractivity contribution is -0.144. The van der Waals surface area contributed by atoms with Gasteiger partial charge in [0.05, 0.1) is 12.5 Å². The Labute approximate surface area is 87.3 Å². The van der Waals surface area contributed by atoms with Gasteiger partial charge in [0.25, 0.3) is 0 Å². The van der Waals surface area contributed by atoms with Crippen LogP contribution in [-0.2, 0) is 9.53 Å². The summed E-state index contributed by atoms with van der Waals surface area (Å²) in [4.78, 5) is 15.0. The number of ether oxygens (including phenoxy) is 1. The molecule has 0 saturated heterocycles. The van der Waals surface area contributed by atoms with E-state index in [4.69, 9.17) is 10.5 Å². The number of anilines is 1. The number of nitrogens with zero attached hydrogens (tertiary/aromatic N) is 1. The second kappa shape index (κ2) is 4.72. The summed E-state index contributed by atoms with van der Waals surface area (Å²) in [5, 5.41) is 0. The van der Waals surface area contributed by atoms with Crippen molar-refractivity contribution in [1.82, 2.24) is 4.98 Å². The molecule has 1 aromatic rings. The number of aromatic nitrogens is 1. The van der Waals surface area contributed by atoms with E-state index in [0.717, 1.165) is 0 Å². The van der Waals surface area contributed by atoms with E-state index in [0.29, 0.717) is 12.2 Å². The smallest absolute Gasteiger partial charge is 0.313 e. The summed E-state index contributed by atoms with van der Waals surface area (Å²) in [5.41, 5.74) is 5.68. The molecule has 4 nitrogen and oxygen atoms in total. The van der Waals surface area contributed by atoms with Crippen molar-refractivity contribution in [1.29, 1.82) is 0 Å². The minimum Gasteiger partial charge on any atom is -0.466 e. The molecule has 1 heterocycles. The zero-order chi connectivity index (χ0) is 11.4. The molecule has 15 heavy (non-hydrogen) atoms. The highest BCUT2D eigenvalue weighted by molar-refractivity contribution is 5.77. The fourth-order valence-corrected chi connectivity index (χ4v) is 1.10. The standard InChI is InChI=1S/C10H13FN2O2/c1-3-15-10(14)6(2)7-4-8(11)9(12)13-5-7/h4-6H,3H2,1-2H3,(H2,12,13)/t6-/m1/s1. The van der Waals surface area contributed by atoms with E-state index >= 15 is 0 Å². The lowest BCUT2D eigenvalue weighted by Gasteiger charge is -2.10. The first kappa shape index (κ1) is 11.4. The van der Waals surface area contributed by atoms with Crippen LogP contribution in [0.1, 0.15) is 25.3 Å². The number of carbonyl (C=O) groups excluding carboxylic acids is 1. The van der Waals surface area contributed by atoms with E-state index in [1.165, 1.54) is 12.3 Å². The van der Waals surface area contributed by atoms with Crippen LogP contribution >= 0.6 is 0 Å². The van der Waals surface area contributed by atoms with Gasteiger partial charge in [-0.1, -0.05) is 0 Å². The summed E-state index contributed by atoms with van der Waals surface area (Å²) < 4.78 is 17.9. The van der Waals surface area contributed by atoms with Crippen molar-refractivity contribution in [3.05, 3.63) is 23.6 Å². The van der Waals surface area contributed by atoms with E-state index in [2.05, 4.69) is 4.98 Å². The number of rotatable bonds is 3. The minimum absolute atomic E-state index is 0.171. The van der Waals surface area contributed by atoms with Gasteiger partial charge in [0.2, 0.25) is 0 Å². The largest absolute Gasteiger partial charge is 0.466 e. The summed E-state index contributed by atoms with van der Waals surface area (Å²) in [6.45, 7) is 3.64. The number of nitrogens with two attached hydrogens (primary N) is 1. The molecular weight excluding hydrogens is 199 g/mol. The van der Waals surface area contributed by atoms with Gasteiger partial charge in [-0.3, -0.25) is 4.79 Å². The Kier molecular flexibility index (Phi) is 3.60. The van der Waals surface area contributed by atoms with Gasteiger partial charge in [0, 0.05) is 6.20 Å². The fourth-order valence-electron chi connectivity index (χ4n) is 1.10. The lowest BCUT2D eigenvalue weighted by atomic mass is 10.0. The van der Waals surface area contributed by atoms with Gasteiger partial charge in [-0.2, -0.15) is 0 Å². The molecule has 1 rings (SSSR count). The first-order valence-corrected chi connectivity index (χ1v) is 4.63. The van der Waals surface area contributed by atoms with Crippen molar-refractivity contribution in [2.24, 2.45) is 0 Å². The highest BCUT2D eigenvalue weighted by Gasteiger charge is 2.17. The maximum Gasteiger partial charge on any atom is 0.313 e. The van der Waals surface area contributed by atoms with Crippen LogP contribution in [0, 0.1) is 5.82 Å². The summed E-state index contributed by atoms with van der Waals surface area (Å²) in [5.74, 6) is -1.73. The van der Waals surface area contributed by atoms with Crippen LogP contribution in [0.4, 0.5) is 10.2 Å². The van der Waals surface area contributed by atoms with Crippen LogP contribution in [-0.4, -0.2) is 17.6 Å². The third-order valence-corrected chi connectivity index (χ3v) is 2.03. The molecule has 0 aliphatic rings. The van der Waals surface area contributed by atoms with Crippen molar-refractivity contribution < 1.29 is 13.9 Å². The molecular formula is C10H13FN2O2. The summed E-state index contributed by atoms with van der Waals surface area (Å²) in [6, 6.07) is 1.20. The van der Waals surface area contributed by atoms with Gasteiger partial charge in [0.1, 0.15) is 0 Å². The van der Waals surface area contributed by atoms with E-state index in [1.54, 1.807) is 13.8 Å². The highest BCUT2D eigenvalue weighted by Crippen LogP contribution is 2.18. The average molecular weight is 212 g/mol. The molecule has 0 aliphatic heterocycles. The molecule has 1 atom stereocenters. The number of halogens is 1. The number of esters is 1. The molecule has 5 heteroatoms. The molecule has 1 aromatic heterocycles. The Bertz CT molecular complexity index is 368. The van der Waals surface area contributed by atoms with Crippen molar-refractivity contribution in [3.63, 3.8) is 0 Å². The van der Waals surface area contributed by atoms with Crippen LogP contribution in [0.3, 0.4) is 0 Å². The Hall–Kier alpha value is -1.65. The zero-order valence-electron chi connectivity index (χ0n) is 8.66. The normalized spacial score (nSPS) is 12.2. The molecule has 0 saturated carbocycles. The molecule has 0 bridgehead atoms. The third-order valence-electron chi connectivity index (χ3n) is 2.03. The van der Waals surface area contributed by atoms with Crippen LogP contribution in [0.25, 0.3) is 0 Å². The van der Waals surface area contributed by atoms with Crippen molar-refractivity contribution >= 4 is 11.8 Å². The second-order valence-corrected chi connectivity index (χ2v) is 3.11. The number of nitrogen functional groups attached to an aromatic ring is 1. The number of hydrogen-bond donors (Lipinski definition) is 1. The molecule has 2 N–H and O–H groups in total. The Balaban J connectivity index is 2.86. The van der Waals surface area contributed by atoms with Gasteiger partial charge in [0.15, 0.2) is 11.6 Å². The SMILES string of the molecule is CCOC(=O)[C@H](C)c1cnc(N)c(F)c1. The molecule has 0 aromatic carbocycles. The van der Waals surface area contributed by atoms with Crippen LogP contribution in [0.2, 0.25) is 0 Å². The first-order chi connectivity index (χ1) is 7.06. The van der Waals surface area contributed by atoms with Crippen LogP contribution in [0.15, 0.2) is 12.3 Å². The number of pyridine rings is 1. The first-order valence-electron chi connectivity index (χ1n) is 4.63. The van der Waals surface area contributed by atoms with Crippen molar-refractivity contribution in [3.8, 4) is 0 Å². The molecule has 82 valence electrons. The Morgan fingerprint density at radius 3 is 2.93 bits per heavy atom. The van der Waals surface area contributed by atoms with Crippen molar-refractivity contribution in [2.75, 3.05) is 12.3 Å². The quantitative estimate of drug-likeness (QED) is 0.770. The zero-order valence-corrected chi connectivity index (χ0v) is 8.66. The van der Waals surface area contributed by atoms with E-state index in [-0.39, 0.29) is 5.82 Å². The van der Waals surface area contributed by atoms with E-state index < -0.39 is 17.7 Å². The summed E-state index contributed by atoms with van der Waals surface area (Å²) >= 11 is 0. The minimum atomic E-state index is -0.622. The lowest BCUT2D eigenvalue weighted by Crippen LogP contribution is -2.13. The monoisotopic (exact) mass is 212 g/mol. The van der Waals surface area contributed by atoms with Gasteiger partial charge in [-0.25, -0.2) is 9.37 Å². The Morgan fingerprint density at radius 1 is 1.73 bits per heavy atom. The van der Waals surface area contributed by atoms with Gasteiger partial charge < -0.3 is 10.5 Å². The van der Waals surface area contributed by atoms with E-state index in [9.17, 15) is 9.18 Å². The maximum atomic E-state index is 13.0. The summed E-state index contributed by atoms with van der Waals surface area (Å²) in [7, 11) is 0. The van der Waals surface area contributed by atoms with Gasteiger partial charge in [-0.05, 0) is 25.5 Å². The molecule has 0 spiro atoms. The molecule has 0 unspecified atom stereocenters. The van der Waals surface area contributed by atoms with Gasteiger partial charge in [-0.15, -0.1) is 0 Å². The molecule has 0 amide bonds. The number of hydrogen-bond acceptors (Lipinski definition) is 4. The number of carbonyl (C=O) groups is 1. The predicted octanol–water partition coefficient (Wildman–Crippen LogP) is 1.47. The van der Waals surface area contributed by atoms with E-state index in [1.807, 2.05) is 0 Å². The van der Waals surface area contributed by atoms with Crippen LogP contribution in [0.5, 0.6) is 0 Å². The highest BCUT2D eigenvalue weighted by atomic mass is 19.1. The van der Waals surface area contributed by atoms with Crippen LogP contribution < -0.4 is 5.73 Å². The van der Waals surface area contributed by atoms with Gasteiger partial charge >= 0.3 is 5.97 Å². The molecule has 0 radical (unpaired) electrons. The van der Waals surface area contributed by atoms with Crippen molar-refractivity contribution in [2.45, 2.75) is 19.8 Å². The summed E-state index contributed by atoms with van der Waals surface area (Å²) in [6.07, 6.45) is 1.38. The molecule has 0 fully saturated rings. The molecule has 0 aliphatic carbocycles. The maximum absolute atomic E-state index is 13.0. The predicted molar refractivity (Wildman–Crippen MR) is 53.7 cm³/mol. The second-order valence-electron chi connectivity index (χ2n) is 3.11.